The number of nitrogens with zero attached hydrogens (tertiary/aromatic N) is 5. The number of aromatic nitrogens is 5. The summed E-state index contributed by atoms with van der Waals surface area (Å²) in [6.07, 6.45) is 5.32. The van der Waals surface area contributed by atoms with E-state index in [-0.39, 0.29) is 5.97 Å². The van der Waals surface area contributed by atoms with Crippen LogP contribution in [0, 0.1) is 0 Å². The van der Waals surface area contributed by atoms with E-state index in [1.807, 2.05) is 19.3 Å². The van der Waals surface area contributed by atoms with Crippen LogP contribution >= 0.6 is 11.3 Å². The molecular weight excluding hydrogens is 326 g/mol. The predicted octanol–water partition coefficient (Wildman–Crippen LogP) is 2.82. The molecule has 0 aliphatic carbocycles. The molecule has 24 heavy (non-hydrogen) atoms. The Labute approximate surface area is 140 Å². The highest BCUT2D eigenvalue weighted by Gasteiger charge is 2.14. The van der Waals surface area contributed by atoms with Gasteiger partial charge < -0.3 is 4.74 Å². The lowest BCUT2D eigenvalue weighted by Gasteiger charge is -1.99. The largest absolute Gasteiger partial charge is 0.462 e. The molecule has 120 valence electrons. The third-order valence-corrected chi connectivity index (χ3v) is 4.50. The van der Waals surface area contributed by atoms with E-state index in [2.05, 4.69) is 20.1 Å². The van der Waals surface area contributed by atoms with Gasteiger partial charge in [-0.05, 0) is 19.1 Å². The van der Waals surface area contributed by atoms with Crippen molar-refractivity contribution in [3.63, 3.8) is 0 Å². The van der Waals surface area contributed by atoms with E-state index in [4.69, 9.17) is 4.74 Å². The molecule has 0 atom stereocenters. The summed E-state index contributed by atoms with van der Waals surface area (Å²) in [6, 6.07) is 3.69. The topological polar surface area (TPSA) is 82.8 Å². The fourth-order valence-corrected chi connectivity index (χ4v) is 3.27. The molecule has 8 heteroatoms. The molecule has 0 bridgehead atoms. The summed E-state index contributed by atoms with van der Waals surface area (Å²) in [5.74, 6) is -0.345. The first-order chi connectivity index (χ1) is 11.6. The maximum absolute atomic E-state index is 11.8. The number of rotatable bonds is 3. The lowest BCUT2D eigenvalue weighted by molar-refractivity contribution is 0.0532. The summed E-state index contributed by atoms with van der Waals surface area (Å²) in [7, 11) is 1.86. The highest BCUT2D eigenvalue weighted by molar-refractivity contribution is 7.20. The van der Waals surface area contributed by atoms with Crippen molar-refractivity contribution in [2.24, 2.45) is 7.05 Å². The zero-order valence-electron chi connectivity index (χ0n) is 13.1. The number of ether oxygens (including phenoxy) is 1. The number of pyridine rings is 1. The van der Waals surface area contributed by atoms with Crippen LogP contribution in [0.3, 0.4) is 0 Å². The van der Waals surface area contributed by atoms with Gasteiger partial charge in [0.1, 0.15) is 15.2 Å². The van der Waals surface area contributed by atoms with Crippen LogP contribution in [-0.4, -0.2) is 37.3 Å². The second kappa shape index (κ2) is 5.64. The summed E-state index contributed by atoms with van der Waals surface area (Å²) < 4.78 is 6.74. The van der Waals surface area contributed by atoms with Crippen LogP contribution in [0.15, 0.2) is 30.7 Å². The molecular formula is C16H13N5O2S. The number of hydrogen-bond acceptors (Lipinski definition) is 7. The van der Waals surface area contributed by atoms with Crippen LogP contribution in [0.4, 0.5) is 0 Å². The Balaban J connectivity index is 1.76. The molecule has 0 saturated carbocycles. The van der Waals surface area contributed by atoms with E-state index in [1.165, 1.54) is 11.3 Å². The summed E-state index contributed by atoms with van der Waals surface area (Å²) >= 11 is 1.28. The van der Waals surface area contributed by atoms with Gasteiger partial charge in [-0.1, -0.05) is 0 Å². The van der Waals surface area contributed by atoms with Gasteiger partial charge in [0.15, 0.2) is 5.65 Å². The van der Waals surface area contributed by atoms with Crippen LogP contribution in [0.2, 0.25) is 0 Å². The van der Waals surface area contributed by atoms with Gasteiger partial charge in [-0.15, -0.1) is 11.3 Å². The average Bonchev–Trinajstić information content (AvgIpc) is 3.15. The molecule has 0 aromatic carbocycles. The van der Waals surface area contributed by atoms with Gasteiger partial charge in [0.05, 0.1) is 18.5 Å². The van der Waals surface area contributed by atoms with Crippen LogP contribution < -0.4 is 0 Å². The van der Waals surface area contributed by atoms with E-state index < -0.39 is 0 Å². The molecule has 0 amide bonds. The fourth-order valence-electron chi connectivity index (χ4n) is 2.44. The number of carbonyl (C=O) groups excluding carboxylic acids is 1. The fraction of sp³-hybridized carbons (Fsp3) is 0.188. The van der Waals surface area contributed by atoms with Crippen molar-refractivity contribution < 1.29 is 9.53 Å². The van der Waals surface area contributed by atoms with Crippen LogP contribution in [0.5, 0.6) is 0 Å². The van der Waals surface area contributed by atoms with Crippen molar-refractivity contribution in [2.45, 2.75) is 6.92 Å². The maximum Gasteiger partial charge on any atom is 0.348 e. The lowest BCUT2D eigenvalue weighted by atomic mass is 10.2. The molecule has 0 aliphatic rings. The van der Waals surface area contributed by atoms with Gasteiger partial charge in [-0.3, -0.25) is 4.68 Å². The van der Waals surface area contributed by atoms with Gasteiger partial charge in [0.25, 0.3) is 0 Å². The highest BCUT2D eigenvalue weighted by Crippen LogP contribution is 2.26. The Bertz CT molecular complexity index is 1070. The number of fused-ring (bicyclic) bond motifs is 2. The van der Waals surface area contributed by atoms with Crippen molar-refractivity contribution in [2.75, 3.05) is 6.61 Å². The Morgan fingerprint density at radius 3 is 3.00 bits per heavy atom. The molecule has 0 unspecified atom stereocenters. The van der Waals surface area contributed by atoms with Gasteiger partial charge in [0.2, 0.25) is 0 Å². The first-order valence-corrected chi connectivity index (χ1v) is 8.19. The molecule has 7 nitrogen and oxygen atoms in total. The standard InChI is InChI=1S/C16H13N5O2S/c1-3-23-16(22)13-5-11-15(24-13)18-7-12(19-11)9-4-10-8-21(2)20-14(10)17-6-9/h4-8H,3H2,1-2H3. The van der Waals surface area contributed by atoms with Crippen molar-refractivity contribution in [3.8, 4) is 11.3 Å². The smallest absolute Gasteiger partial charge is 0.348 e. The Morgan fingerprint density at radius 1 is 1.29 bits per heavy atom. The third kappa shape index (κ3) is 2.50. The van der Waals surface area contributed by atoms with Gasteiger partial charge in [0, 0.05) is 30.4 Å². The minimum Gasteiger partial charge on any atom is -0.462 e. The highest BCUT2D eigenvalue weighted by atomic mass is 32.1. The zero-order valence-corrected chi connectivity index (χ0v) is 13.9. The first-order valence-electron chi connectivity index (χ1n) is 7.37. The molecule has 0 fully saturated rings. The molecule has 4 rings (SSSR count). The van der Waals surface area contributed by atoms with Crippen molar-refractivity contribution in [1.82, 2.24) is 24.7 Å². The SMILES string of the molecule is CCOC(=O)c1cc2nc(-c3cnc4nn(C)cc4c3)cnc2s1. The molecule has 4 aromatic heterocycles. The van der Waals surface area contributed by atoms with Gasteiger partial charge in [-0.25, -0.2) is 19.7 Å². The zero-order chi connectivity index (χ0) is 16.7. The summed E-state index contributed by atoms with van der Waals surface area (Å²) in [4.78, 5) is 26.4. The second-order valence-electron chi connectivity index (χ2n) is 5.22. The number of esters is 1. The average molecular weight is 339 g/mol. The first kappa shape index (κ1) is 14.7. The molecule has 0 saturated heterocycles. The number of thiophene rings is 1. The van der Waals surface area contributed by atoms with E-state index in [9.17, 15) is 4.79 Å². The molecule has 0 N–H and O–H groups in total. The van der Waals surface area contributed by atoms with E-state index in [0.717, 1.165) is 10.9 Å². The normalized spacial score (nSPS) is 11.2. The van der Waals surface area contributed by atoms with Crippen molar-refractivity contribution >= 4 is 38.7 Å². The van der Waals surface area contributed by atoms with Crippen LogP contribution in [-0.2, 0) is 11.8 Å². The quantitative estimate of drug-likeness (QED) is 0.534. The minimum absolute atomic E-state index is 0.343. The van der Waals surface area contributed by atoms with E-state index in [1.54, 1.807) is 30.1 Å². The Morgan fingerprint density at radius 2 is 2.17 bits per heavy atom. The van der Waals surface area contributed by atoms with Gasteiger partial charge >= 0.3 is 5.97 Å². The van der Waals surface area contributed by atoms with Crippen LogP contribution in [0.1, 0.15) is 16.6 Å². The molecule has 4 heterocycles. The number of carbonyl (C=O) groups is 1. The third-order valence-electron chi connectivity index (χ3n) is 3.48. The second-order valence-corrected chi connectivity index (χ2v) is 6.25. The summed E-state index contributed by atoms with van der Waals surface area (Å²) in [5.41, 5.74) is 2.92. The predicted molar refractivity (Wildman–Crippen MR) is 90.9 cm³/mol. The monoisotopic (exact) mass is 339 g/mol. The lowest BCUT2D eigenvalue weighted by Crippen LogP contribution is -2.01. The minimum atomic E-state index is -0.345. The summed E-state index contributed by atoms with van der Waals surface area (Å²) in [5, 5.41) is 5.20. The molecule has 0 aliphatic heterocycles. The number of aryl methyl sites for hydroxylation is 1. The number of hydrogen-bond donors (Lipinski definition) is 0. The van der Waals surface area contributed by atoms with E-state index in [0.29, 0.717) is 33.2 Å². The van der Waals surface area contributed by atoms with Crippen LogP contribution in [0.25, 0.3) is 32.6 Å². The van der Waals surface area contributed by atoms with E-state index >= 15 is 0 Å². The van der Waals surface area contributed by atoms with Crippen molar-refractivity contribution in [1.29, 1.82) is 0 Å². The molecule has 4 aromatic rings. The maximum atomic E-state index is 11.8. The van der Waals surface area contributed by atoms with Gasteiger partial charge in [-0.2, -0.15) is 5.10 Å². The van der Waals surface area contributed by atoms with Crippen molar-refractivity contribution in [3.05, 3.63) is 35.6 Å². The Hall–Kier alpha value is -2.87. The Kier molecular flexibility index (Phi) is 3.46. The molecule has 0 radical (unpaired) electrons. The molecule has 0 spiro atoms. The summed E-state index contributed by atoms with van der Waals surface area (Å²) in [6.45, 7) is 2.12.